The van der Waals surface area contributed by atoms with Gasteiger partial charge >= 0.3 is 0 Å². The van der Waals surface area contributed by atoms with Crippen molar-refractivity contribution < 1.29 is 4.79 Å². The quantitative estimate of drug-likeness (QED) is 0.711. The Labute approximate surface area is 142 Å². The highest BCUT2D eigenvalue weighted by Crippen LogP contribution is 2.59. The van der Waals surface area contributed by atoms with E-state index in [1.807, 2.05) is 0 Å². The van der Waals surface area contributed by atoms with Crippen LogP contribution in [0.2, 0.25) is 0 Å². The average Bonchev–Trinajstić information content (AvgIpc) is 2.64. The maximum Gasteiger partial charge on any atom is 0.222 e. The normalized spacial score (nSPS) is 45.1. The van der Waals surface area contributed by atoms with Crippen LogP contribution in [-0.4, -0.2) is 23.9 Å². The van der Waals surface area contributed by atoms with E-state index in [9.17, 15) is 4.79 Å². The molecule has 2 heteroatoms. The summed E-state index contributed by atoms with van der Waals surface area (Å²) < 4.78 is 0. The molecule has 0 N–H and O–H groups in total. The molecule has 1 saturated heterocycles. The van der Waals surface area contributed by atoms with E-state index in [2.05, 4.69) is 25.7 Å². The van der Waals surface area contributed by atoms with Crippen LogP contribution in [-0.2, 0) is 4.79 Å². The Balaban J connectivity index is 1.44. The summed E-state index contributed by atoms with van der Waals surface area (Å²) in [5, 5.41) is 0. The van der Waals surface area contributed by atoms with Crippen molar-refractivity contribution in [3.8, 4) is 0 Å². The van der Waals surface area contributed by atoms with Crippen LogP contribution in [0.3, 0.4) is 0 Å². The van der Waals surface area contributed by atoms with Gasteiger partial charge in [0, 0.05) is 19.5 Å². The van der Waals surface area contributed by atoms with E-state index in [1.165, 1.54) is 51.4 Å². The van der Waals surface area contributed by atoms with E-state index in [0.717, 1.165) is 37.3 Å². The molecule has 4 bridgehead atoms. The van der Waals surface area contributed by atoms with Crippen LogP contribution in [0.1, 0.15) is 78.6 Å². The number of fused-ring (bicyclic) bond motifs is 4. The predicted molar refractivity (Wildman–Crippen MR) is 94.0 cm³/mol. The van der Waals surface area contributed by atoms with E-state index in [0.29, 0.717) is 22.7 Å². The summed E-state index contributed by atoms with van der Waals surface area (Å²) in [6, 6.07) is 0. The summed E-state index contributed by atoms with van der Waals surface area (Å²) >= 11 is 0. The number of amides is 1. The first-order valence-electron chi connectivity index (χ1n) is 10.2. The number of carbonyl (C=O) groups is 1. The summed E-state index contributed by atoms with van der Waals surface area (Å²) in [6.45, 7) is 9.36. The third-order valence-corrected chi connectivity index (χ3v) is 8.88. The molecule has 1 amide bonds. The van der Waals surface area contributed by atoms with Crippen molar-refractivity contribution in [1.29, 1.82) is 0 Å². The largest absolute Gasteiger partial charge is 0.342 e. The van der Waals surface area contributed by atoms with Gasteiger partial charge in [0.05, 0.1) is 0 Å². The van der Waals surface area contributed by atoms with E-state index in [1.54, 1.807) is 0 Å². The van der Waals surface area contributed by atoms with Gasteiger partial charge in [-0.05, 0) is 47.3 Å². The summed E-state index contributed by atoms with van der Waals surface area (Å²) in [6.07, 6.45) is 11.9. The summed E-state index contributed by atoms with van der Waals surface area (Å²) in [7, 11) is 0. The molecule has 4 rings (SSSR count). The van der Waals surface area contributed by atoms with Crippen molar-refractivity contribution in [2.75, 3.05) is 13.1 Å². The minimum Gasteiger partial charge on any atom is -0.342 e. The van der Waals surface area contributed by atoms with Gasteiger partial charge in [0.25, 0.3) is 0 Å². The zero-order valence-electron chi connectivity index (χ0n) is 15.4. The summed E-state index contributed by atoms with van der Waals surface area (Å²) in [4.78, 5) is 15.4. The Kier molecular flexibility index (Phi) is 3.81. The van der Waals surface area contributed by atoms with Crippen LogP contribution in [0.25, 0.3) is 0 Å². The van der Waals surface area contributed by atoms with E-state index in [4.69, 9.17) is 0 Å². The molecule has 2 nitrogen and oxygen atoms in total. The van der Waals surface area contributed by atoms with Crippen LogP contribution in [0, 0.1) is 34.5 Å². The van der Waals surface area contributed by atoms with Crippen molar-refractivity contribution in [1.82, 2.24) is 4.90 Å². The zero-order valence-corrected chi connectivity index (χ0v) is 15.4. The van der Waals surface area contributed by atoms with Gasteiger partial charge in [-0.1, -0.05) is 59.3 Å². The SMILES string of the molecule is CC1(C)C2CC[C@]1(C)CN(C(=O)CC1C3CCCC1CCC3)C2. The molecule has 3 saturated carbocycles. The Hall–Kier alpha value is -0.530. The highest BCUT2D eigenvalue weighted by molar-refractivity contribution is 5.77. The topological polar surface area (TPSA) is 20.3 Å². The second-order valence-corrected chi connectivity index (χ2v) is 10.0. The van der Waals surface area contributed by atoms with Crippen molar-refractivity contribution in [3.05, 3.63) is 0 Å². The molecule has 4 aliphatic rings. The molecular weight excluding hydrogens is 282 g/mol. The van der Waals surface area contributed by atoms with Crippen molar-refractivity contribution in [3.63, 3.8) is 0 Å². The maximum absolute atomic E-state index is 13.1. The van der Waals surface area contributed by atoms with Gasteiger partial charge in [0.2, 0.25) is 5.91 Å². The first-order chi connectivity index (χ1) is 10.9. The van der Waals surface area contributed by atoms with Gasteiger partial charge in [-0.2, -0.15) is 0 Å². The third kappa shape index (κ3) is 2.46. The Bertz CT molecular complexity index is 462. The van der Waals surface area contributed by atoms with E-state index in [-0.39, 0.29) is 0 Å². The molecule has 0 radical (unpaired) electrons. The fraction of sp³-hybridized carbons (Fsp3) is 0.952. The first kappa shape index (κ1) is 16.0. The van der Waals surface area contributed by atoms with Crippen molar-refractivity contribution in [2.24, 2.45) is 34.5 Å². The molecule has 1 aliphatic heterocycles. The number of rotatable bonds is 2. The van der Waals surface area contributed by atoms with Crippen molar-refractivity contribution >= 4 is 5.91 Å². The third-order valence-electron chi connectivity index (χ3n) is 8.88. The molecule has 0 aromatic heterocycles. The molecular formula is C21H35NO. The highest BCUT2D eigenvalue weighted by atomic mass is 16.2. The molecule has 130 valence electrons. The Morgan fingerprint density at radius 3 is 2.17 bits per heavy atom. The number of hydrogen-bond acceptors (Lipinski definition) is 1. The molecule has 0 spiro atoms. The average molecular weight is 318 g/mol. The van der Waals surface area contributed by atoms with Crippen LogP contribution in [0.5, 0.6) is 0 Å². The lowest BCUT2D eigenvalue weighted by molar-refractivity contribution is -0.142. The lowest BCUT2D eigenvalue weighted by Gasteiger charge is -2.51. The molecule has 3 aliphatic carbocycles. The van der Waals surface area contributed by atoms with Crippen LogP contribution in [0.15, 0.2) is 0 Å². The van der Waals surface area contributed by atoms with Crippen LogP contribution in [0.4, 0.5) is 0 Å². The highest BCUT2D eigenvalue weighted by Gasteiger charge is 2.56. The zero-order chi connectivity index (χ0) is 16.2. The number of nitrogens with zero attached hydrogens (tertiary/aromatic N) is 1. The van der Waals surface area contributed by atoms with Gasteiger partial charge in [-0.25, -0.2) is 0 Å². The first-order valence-corrected chi connectivity index (χ1v) is 10.2. The van der Waals surface area contributed by atoms with Gasteiger partial charge in [-0.15, -0.1) is 0 Å². The number of likely N-dealkylation sites (tertiary alicyclic amines) is 1. The van der Waals surface area contributed by atoms with Gasteiger partial charge < -0.3 is 4.90 Å². The molecule has 23 heavy (non-hydrogen) atoms. The summed E-state index contributed by atoms with van der Waals surface area (Å²) in [5.74, 6) is 3.64. The Morgan fingerprint density at radius 1 is 1.00 bits per heavy atom. The molecule has 0 aromatic carbocycles. The minimum absolute atomic E-state index is 0.341. The second kappa shape index (κ2) is 5.49. The second-order valence-electron chi connectivity index (χ2n) is 10.0. The fourth-order valence-corrected chi connectivity index (χ4v) is 6.69. The lowest BCUT2D eigenvalue weighted by atomic mass is 9.62. The number of carbonyl (C=O) groups excluding carboxylic acids is 1. The smallest absolute Gasteiger partial charge is 0.222 e. The molecule has 0 aromatic rings. The van der Waals surface area contributed by atoms with Gasteiger partial charge in [0.1, 0.15) is 0 Å². The van der Waals surface area contributed by atoms with Gasteiger partial charge in [0.15, 0.2) is 0 Å². The number of piperidine rings is 1. The minimum atomic E-state index is 0.341. The van der Waals surface area contributed by atoms with Crippen LogP contribution >= 0.6 is 0 Å². The molecule has 2 atom stereocenters. The van der Waals surface area contributed by atoms with Crippen LogP contribution < -0.4 is 0 Å². The Morgan fingerprint density at radius 2 is 1.61 bits per heavy atom. The van der Waals surface area contributed by atoms with Crippen molar-refractivity contribution in [2.45, 2.75) is 78.6 Å². The monoisotopic (exact) mass is 317 g/mol. The lowest BCUT2D eigenvalue weighted by Crippen LogP contribution is -2.54. The van der Waals surface area contributed by atoms with Gasteiger partial charge in [-0.3, -0.25) is 4.79 Å². The number of hydrogen-bond donors (Lipinski definition) is 0. The standard InChI is InChI=1S/C21H35NO/c1-20(2)17-10-11-21(20,3)14-22(13-17)19(23)12-18-15-6-4-7-16(18)9-5-8-15/h15-18H,4-14H2,1-3H3/t15?,16?,17?,18?,21-/m1/s1. The molecule has 1 unspecified atom stereocenters. The van der Waals surface area contributed by atoms with E-state index < -0.39 is 0 Å². The molecule has 1 heterocycles. The van der Waals surface area contributed by atoms with E-state index >= 15 is 0 Å². The molecule has 4 fully saturated rings. The fourth-order valence-electron chi connectivity index (χ4n) is 6.69. The predicted octanol–water partition coefficient (Wildman–Crippen LogP) is 4.88. The summed E-state index contributed by atoms with van der Waals surface area (Å²) in [5.41, 5.74) is 0.749. The maximum atomic E-state index is 13.1.